The van der Waals surface area contributed by atoms with E-state index in [1.165, 1.54) is 18.9 Å². The van der Waals surface area contributed by atoms with Gasteiger partial charge in [-0.3, -0.25) is 0 Å². The summed E-state index contributed by atoms with van der Waals surface area (Å²) in [5.74, 6) is 0.490. The van der Waals surface area contributed by atoms with E-state index in [4.69, 9.17) is 5.73 Å². The van der Waals surface area contributed by atoms with E-state index >= 15 is 0 Å². The van der Waals surface area contributed by atoms with Crippen molar-refractivity contribution in [1.82, 2.24) is 0 Å². The normalized spacial score (nSPS) is 22.6. The highest BCUT2D eigenvalue weighted by Crippen LogP contribution is 2.30. The first-order valence-corrected chi connectivity index (χ1v) is 6.38. The Morgan fingerprint density at radius 2 is 2.24 bits per heavy atom. The molecule has 1 unspecified atom stereocenters. The van der Waals surface area contributed by atoms with E-state index in [0.717, 1.165) is 18.8 Å². The molecule has 0 spiro atoms. The molecule has 3 heteroatoms. The molecule has 1 aromatic rings. The van der Waals surface area contributed by atoms with Gasteiger partial charge in [0.1, 0.15) is 5.82 Å². The third-order valence-electron chi connectivity index (χ3n) is 3.48. The van der Waals surface area contributed by atoms with Gasteiger partial charge in [0.05, 0.1) is 0 Å². The zero-order valence-corrected chi connectivity index (χ0v) is 10.6. The predicted molar refractivity (Wildman–Crippen MR) is 69.6 cm³/mol. The van der Waals surface area contributed by atoms with Gasteiger partial charge in [-0.25, -0.2) is 4.39 Å². The number of benzene rings is 1. The number of nitrogens with two attached hydrogens (primary N) is 1. The summed E-state index contributed by atoms with van der Waals surface area (Å²) >= 11 is 0. The number of piperidine rings is 1. The van der Waals surface area contributed by atoms with E-state index in [2.05, 4.69) is 11.8 Å². The summed E-state index contributed by atoms with van der Waals surface area (Å²) in [6, 6.07) is 4.99. The molecule has 94 valence electrons. The van der Waals surface area contributed by atoms with Gasteiger partial charge < -0.3 is 10.6 Å². The van der Waals surface area contributed by atoms with Gasteiger partial charge in [0.2, 0.25) is 0 Å². The van der Waals surface area contributed by atoms with Crippen molar-refractivity contribution in [3.05, 3.63) is 29.6 Å². The maximum absolute atomic E-state index is 13.8. The number of anilines is 1. The van der Waals surface area contributed by atoms with Crippen molar-refractivity contribution in [2.45, 2.75) is 32.7 Å². The SMILES string of the molecule is CC1CCCN(c2cccc(F)c2[C@H](C)N)C1. The minimum absolute atomic E-state index is 0.185. The van der Waals surface area contributed by atoms with Gasteiger partial charge in [-0.15, -0.1) is 0 Å². The Bertz CT molecular complexity index is 390. The van der Waals surface area contributed by atoms with Crippen LogP contribution in [-0.4, -0.2) is 13.1 Å². The molecular weight excluding hydrogens is 215 g/mol. The molecule has 2 atom stereocenters. The van der Waals surface area contributed by atoms with Crippen LogP contribution in [0.25, 0.3) is 0 Å². The van der Waals surface area contributed by atoms with E-state index in [1.807, 2.05) is 13.0 Å². The van der Waals surface area contributed by atoms with Crippen LogP contribution in [0.4, 0.5) is 10.1 Å². The zero-order valence-electron chi connectivity index (χ0n) is 10.6. The fourth-order valence-corrected chi connectivity index (χ4v) is 2.66. The molecule has 1 aliphatic heterocycles. The number of hydrogen-bond donors (Lipinski definition) is 1. The molecule has 17 heavy (non-hydrogen) atoms. The van der Waals surface area contributed by atoms with Crippen LogP contribution in [0.3, 0.4) is 0 Å². The molecule has 1 heterocycles. The standard InChI is InChI=1S/C14H21FN2/c1-10-5-4-8-17(9-10)13-7-3-6-12(15)14(13)11(2)16/h3,6-7,10-11H,4-5,8-9,16H2,1-2H3/t10?,11-/m0/s1. The van der Waals surface area contributed by atoms with E-state index in [0.29, 0.717) is 11.5 Å². The maximum Gasteiger partial charge on any atom is 0.130 e. The van der Waals surface area contributed by atoms with Gasteiger partial charge >= 0.3 is 0 Å². The smallest absolute Gasteiger partial charge is 0.130 e. The van der Waals surface area contributed by atoms with Crippen molar-refractivity contribution in [2.75, 3.05) is 18.0 Å². The Balaban J connectivity index is 2.34. The number of nitrogens with zero attached hydrogens (tertiary/aromatic N) is 1. The van der Waals surface area contributed by atoms with E-state index in [9.17, 15) is 4.39 Å². The second-order valence-electron chi connectivity index (χ2n) is 5.15. The molecule has 1 fully saturated rings. The molecule has 1 saturated heterocycles. The highest BCUT2D eigenvalue weighted by atomic mass is 19.1. The van der Waals surface area contributed by atoms with Crippen molar-refractivity contribution in [1.29, 1.82) is 0 Å². The zero-order chi connectivity index (χ0) is 12.4. The lowest BCUT2D eigenvalue weighted by Crippen LogP contribution is -2.35. The Labute approximate surface area is 103 Å². The van der Waals surface area contributed by atoms with E-state index in [1.54, 1.807) is 6.07 Å². The summed E-state index contributed by atoms with van der Waals surface area (Å²) in [6.45, 7) is 6.10. The first-order valence-electron chi connectivity index (χ1n) is 6.38. The summed E-state index contributed by atoms with van der Waals surface area (Å²) in [7, 11) is 0. The van der Waals surface area contributed by atoms with Crippen molar-refractivity contribution >= 4 is 5.69 Å². The summed E-state index contributed by atoms with van der Waals surface area (Å²) < 4.78 is 13.8. The van der Waals surface area contributed by atoms with Crippen LogP contribution in [0.15, 0.2) is 18.2 Å². The molecule has 1 aromatic carbocycles. The third kappa shape index (κ3) is 2.60. The minimum atomic E-state index is -0.261. The molecule has 0 aromatic heterocycles. The molecule has 0 aliphatic carbocycles. The fourth-order valence-electron chi connectivity index (χ4n) is 2.66. The van der Waals surface area contributed by atoms with Gasteiger partial charge in [-0.2, -0.15) is 0 Å². The van der Waals surface area contributed by atoms with Crippen LogP contribution in [0.2, 0.25) is 0 Å². The highest BCUT2D eigenvalue weighted by Gasteiger charge is 2.21. The lowest BCUT2D eigenvalue weighted by atomic mass is 9.97. The van der Waals surface area contributed by atoms with Crippen LogP contribution in [0, 0.1) is 11.7 Å². The van der Waals surface area contributed by atoms with Gasteiger partial charge in [-0.1, -0.05) is 13.0 Å². The van der Waals surface area contributed by atoms with Gasteiger partial charge in [-0.05, 0) is 37.8 Å². The lowest BCUT2D eigenvalue weighted by molar-refractivity contribution is 0.444. The van der Waals surface area contributed by atoms with Gasteiger partial charge in [0.15, 0.2) is 0 Å². The number of hydrogen-bond acceptors (Lipinski definition) is 2. The first-order chi connectivity index (χ1) is 8.09. The van der Waals surface area contributed by atoms with Gasteiger partial charge in [0, 0.05) is 30.4 Å². The number of rotatable bonds is 2. The Hall–Kier alpha value is -1.09. The third-order valence-corrected chi connectivity index (χ3v) is 3.48. The Kier molecular flexibility index (Phi) is 3.67. The van der Waals surface area contributed by atoms with Crippen LogP contribution in [0.5, 0.6) is 0 Å². The average molecular weight is 236 g/mol. The second kappa shape index (κ2) is 5.05. The molecule has 0 saturated carbocycles. The largest absolute Gasteiger partial charge is 0.371 e. The van der Waals surface area contributed by atoms with Crippen LogP contribution in [-0.2, 0) is 0 Å². The average Bonchev–Trinajstić information content (AvgIpc) is 2.28. The molecule has 2 rings (SSSR count). The van der Waals surface area contributed by atoms with Crippen LogP contribution >= 0.6 is 0 Å². The topological polar surface area (TPSA) is 29.3 Å². The highest BCUT2D eigenvalue weighted by molar-refractivity contribution is 5.55. The molecule has 1 aliphatic rings. The first kappa shape index (κ1) is 12.4. The maximum atomic E-state index is 13.8. The number of halogens is 1. The second-order valence-corrected chi connectivity index (χ2v) is 5.15. The summed E-state index contributed by atoms with van der Waals surface area (Å²) in [6.07, 6.45) is 2.44. The van der Waals surface area contributed by atoms with Crippen molar-refractivity contribution in [3.63, 3.8) is 0 Å². The summed E-state index contributed by atoms with van der Waals surface area (Å²) in [4.78, 5) is 2.27. The minimum Gasteiger partial charge on any atom is -0.371 e. The molecule has 2 nitrogen and oxygen atoms in total. The van der Waals surface area contributed by atoms with E-state index < -0.39 is 0 Å². The monoisotopic (exact) mass is 236 g/mol. The lowest BCUT2D eigenvalue weighted by Gasteiger charge is -2.34. The molecule has 0 amide bonds. The predicted octanol–water partition coefficient (Wildman–Crippen LogP) is 3.08. The molecule has 0 bridgehead atoms. The van der Waals surface area contributed by atoms with Crippen LogP contribution in [0.1, 0.15) is 38.3 Å². The quantitative estimate of drug-likeness (QED) is 0.855. The molecule has 0 radical (unpaired) electrons. The van der Waals surface area contributed by atoms with E-state index in [-0.39, 0.29) is 11.9 Å². The van der Waals surface area contributed by atoms with Crippen molar-refractivity contribution < 1.29 is 4.39 Å². The summed E-state index contributed by atoms with van der Waals surface area (Å²) in [5.41, 5.74) is 7.52. The van der Waals surface area contributed by atoms with Gasteiger partial charge in [0.25, 0.3) is 0 Å². The molecule has 2 N–H and O–H groups in total. The Morgan fingerprint density at radius 3 is 2.88 bits per heavy atom. The van der Waals surface area contributed by atoms with Crippen LogP contribution < -0.4 is 10.6 Å². The van der Waals surface area contributed by atoms with Crippen molar-refractivity contribution in [3.8, 4) is 0 Å². The van der Waals surface area contributed by atoms with Crippen molar-refractivity contribution in [2.24, 2.45) is 11.7 Å². The Morgan fingerprint density at radius 1 is 1.47 bits per heavy atom. The molecular formula is C14H21FN2. The summed E-state index contributed by atoms with van der Waals surface area (Å²) in [5, 5.41) is 0. The fraction of sp³-hybridized carbons (Fsp3) is 0.571.